The van der Waals surface area contributed by atoms with Crippen LogP contribution in [0.5, 0.6) is 0 Å². The summed E-state index contributed by atoms with van der Waals surface area (Å²) in [5.41, 5.74) is 0.0671. The monoisotopic (exact) mass is 296 g/mol. The molecule has 2 amide bonds. The van der Waals surface area contributed by atoms with Crippen LogP contribution in [0.1, 0.15) is 32.4 Å². The van der Waals surface area contributed by atoms with Crippen LogP contribution in [-0.2, 0) is 9.47 Å². The van der Waals surface area contributed by atoms with Crippen molar-refractivity contribution < 1.29 is 23.5 Å². The molecule has 21 heavy (non-hydrogen) atoms. The molecule has 2 rings (SSSR count). The molecule has 0 aliphatic carbocycles. The first kappa shape index (κ1) is 15.1. The Morgan fingerprint density at radius 1 is 1.48 bits per heavy atom. The molecule has 1 aliphatic heterocycles. The Kier molecular flexibility index (Phi) is 4.02. The lowest BCUT2D eigenvalue weighted by atomic mass is 10.1. The predicted molar refractivity (Wildman–Crippen MR) is 73.5 cm³/mol. The maximum Gasteiger partial charge on any atom is 0.412 e. The molecule has 1 unspecified atom stereocenters. The molecule has 0 spiro atoms. The van der Waals surface area contributed by atoms with Gasteiger partial charge in [-0.15, -0.1) is 0 Å². The number of hydrogen-bond donors (Lipinski definition) is 2. The lowest BCUT2D eigenvalue weighted by Crippen LogP contribution is -2.27. The molecule has 1 aromatic rings. The van der Waals surface area contributed by atoms with E-state index < -0.39 is 29.7 Å². The van der Waals surface area contributed by atoms with Gasteiger partial charge in [-0.3, -0.25) is 5.32 Å². The third kappa shape index (κ3) is 4.08. The SMILES string of the molecule is CC(C)(C)OC(=O)Nc1ccc(F)cc1C1CNC(=O)O1. The highest BCUT2D eigenvalue weighted by atomic mass is 19.1. The number of carbonyl (C=O) groups excluding carboxylic acids is 2. The smallest absolute Gasteiger partial charge is 0.412 e. The Balaban J connectivity index is 2.19. The van der Waals surface area contributed by atoms with Crippen LogP contribution in [0.4, 0.5) is 19.7 Å². The van der Waals surface area contributed by atoms with E-state index in [4.69, 9.17) is 9.47 Å². The second-order valence-electron chi connectivity index (χ2n) is 5.63. The summed E-state index contributed by atoms with van der Waals surface area (Å²) < 4.78 is 23.6. The van der Waals surface area contributed by atoms with Gasteiger partial charge in [-0.05, 0) is 39.0 Å². The van der Waals surface area contributed by atoms with Crippen LogP contribution in [0.3, 0.4) is 0 Å². The highest BCUT2D eigenvalue weighted by Crippen LogP contribution is 2.29. The summed E-state index contributed by atoms with van der Waals surface area (Å²) in [6.45, 7) is 5.42. The molecule has 1 fully saturated rings. The van der Waals surface area contributed by atoms with Crippen LogP contribution in [-0.4, -0.2) is 24.3 Å². The number of alkyl carbamates (subject to hydrolysis) is 1. The van der Waals surface area contributed by atoms with E-state index in [0.717, 1.165) is 0 Å². The number of anilines is 1. The largest absolute Gasteiger partial charge is 0.444 e. The van der Waals surface area contributed by atoms with Crippen LogP contribution in [0.25, 0.3) is 0 Å². The van der Waals surface area contributed by atoms with E-state index in [9.17, 15) is 14.0 Å². The molecule has 1 heterocycles. The third-order valence-corrected chi connectivity index (χ3v) is 2.68. The first-order valence-electron chi connectivity index (χ1n) is 6.48. The summed E-state index contributed by atoms with van der Waals surface area (Å²) in [7, 11) is 0. The zero-order chi connectivity index (χ0) is 15.6. The van der Waals surface area contributed by atoms with Crippen molar-refractivity contribution >= 4 is 17.9 Å². The molecular weight excluding hydrogens is 279 g/mol. The fourth-order valence-electron chi connectivity index (χ4n) is 1.89. The Bertz CT molecular complexity index is 569. The Morgan fingerprint density at radius 3 is 2.76 bits per heavy atom. The molecule has 6 nitrogen and oxygen atoms in total. The topological polar surface area (TPSA) is 76.7 Å². The molecule has 0 saturated carbocycles. The van der Waals surface area contributed by atoms with Gasteiger partial charge in [0.05, 0.1) is 12.2 Å². The van der Waals surface area contributed by atoms with Gasteiger partial charge in [0.15, 0.2) is 0 Å². The average molecular weight is 296 g/mol. The fourth-order valence-corrected chi connectivity index (χ4v) is 1.89. The van der Waals surface area contributed by atoms with Crippen LogP contribution < -0.4 is 10.6 Å². The van der Waals surface area contributed by atoms with Gasteiger partial charge in [-0.25, -0.2) is 14.0 Å². The van der Waals surface area contributed by atoms with Gasteiger partial charge >= 0.3 is 12.2 Å². The molecule has 1 atom stereocenters. The summed E-state index contributed by atoms with van der Waals surface area (Å²) >= 11 is 0. The summed E-state index contributed by atoms with van der Waals surface area (Å²) in [4.78, 5) is 22.9. The van der Waals surface area contributed by atoms with E-state index in [1.807, 2.05) is 0 Å². The van der Waals surface area contributed by atoms with Gasteiger partial charge < -0.3 is 14.8 Å². The molecule has 0 radical (unpaired) electrons. The highest BCUT2D eigenvalue weighted by Gasteiger charge is 2.28. The third-order valence-electron chi connectivity index (χ3n) is 2.68. The molecular formula is C14H17FN2O4. The number of amides is 2. The molecule has 2 N–H and O–H groups in total. The minimum Gasteiger partial charge on any atom is -0.444 e. The number of ether oxygens (including phenoxy) is 2. The number of carbonyl (C=O) groups is 2. The predicted octanol–water partition coefficient (Wildman–Crippen LogP) is 2.95. The van der Waals surface area contributed by atoms with Crippen LogP contribution in [0.15, 0.2) is 18.2 Å². The van der Waals surface area contributed by atoms with E-state index in [2.05, 4.69) is 10.6 Å². The van der Waals surface area contributed by atoms with E-state index in [1.165, 1.54) is 18.2 Å². The second kappa shape index (κ2) is 5.59. The zero-order valence-electron chi connectivity index (χ0n) is 12.0. The van der Waals surface area contributed by atoms with Crippen molar-refractivity contribution in [3.05, 3.63) is 29.6 Å². The van der Waals surface area contributed by atoms with Gasteiger partial charge in [0.1, 0.15) is 17.5 Å². The van der Waals surface area contributed by atoms with E-state index in [1.54, 1.807) is 20.8 Å². The zero-order valence-corrected chi connectivity index (χ0v) is 12.0. The lowest BCUT2D eigenvalue weighted by Gasteiger charge is -2.21. The van der Waals surface area contributed by atoms with E-state index in [0.29, 0.717) is 11.3 Å². The van der Waals surface area contributed by atoms with Crippen molar-refractivity contribution in [2.24, 2.45) is 0 Å². The molecule has 114 valence electrons. The quantitative estimate of drug-likeness (QED) is 0.879. The number of rotatable bonds is 2. The van der Waals surface area contributed by atoms with E-state index in [-0.39, 0.29) is 6.54 Å². The van der Waals surface area contributed by atoms with Crippen molar-refractivity contribution in [2.45, 2.75) is 32.5 Å². The highest BCUT2D eigenvalue weighted by molar-refractivity contribution is 5.86. The summed E-state index contributed by atoms with van der Waals surface area (Å²) in [5.74, 6) is -0.484. The number of benzene rings is 1. The number of hydrogen-bond acceptors (Lipinski definition) is 4. The molecule has 7 heteroatoms. The standard InChI is InChI=1S/C14H17FN2O4/c1-14(2,3)21-13(19)17-10-5-4-8(15)6-9(10)11-7-16-12(18)20-11/h4-6,11H,7H2,1-3H3,(H,16,18)(H,17,19). The maximum atomic E-state index is 13.4. The number of halogens is 1. The first-order chi connectivity index (χ1) is 9.74. The fraction of sp³-hybridized carbons (Fsp3) is 0.429. The van der Waals surface area contributed by atoms with E-state index >= 15 is 0 Å². The normalized spacial score (nSPS) is 17.9. The molecule has 0 bridgehead atoms. The van der Waals surface area contributed by atoms with Crippen molar-refractivity contribution in [3.8, 4) is 0 Å². The number of cyclic esters (lactones) is 1. The Labute approximate surface area is 121 Å². The minimum atomic E-state index is -0.660. The molecule has 1 saturated heterocycles. The Morgan fingerprint density at radius 2 is 2.19 bits per heavy atom. The second-order valence-corrected chi connectivity index (χ2v) is 5.63. The first-order valence-corrected chi connectivity index (χ1v) is 6.48. The lowest BCUT2D eigenvalue weighted by molar-refractivity contribution is 0.0635. The summed E-state index contributed by atoms with van der Waals surface area (Å²) in [6, 6.07) is 3.83. The minimum absolute atomic E-state index is 0.214. The summed E-state index contributed by atoms with van der Waals surface area (Å²) in [6.07, 6.45) is -1.89. The van der Waals surface area contributed by atoms with Crippen molar-refractivity contribution in [1.82, 2.24) is 5.32 Å². The van der Waals surface area contributed by atoms with Gasteiger partial charge in [0.25, 0.3) is 0 Å². The summed E-state index contributed by atoms with van der Waals surface area (Å²) in [5, 5.41) is 5.02. The van der Waals surface area contributed by atoms with Gasteiger partial charge in [-0.2, -0.15) is 0 Å². The Hall–Kier alpha value is -2.31. The maximum absolute atomic E-state index is 13.4. The van der Waals surface area contributed by atoms with Crippen LogP contribution >= 0.6 is 0 Å². The van der Waals surface area contributed by atoms with Gasteiger partial charge in [0.2, 0.25) is 0 Å². The van der Waals surface area contributed by atoms with Crippen molar-refractivity contribution in [2.75, 3.05) is 11.9 Å². The van der Waals surface area contributed by atoms with Crippen LogP contribution in [0.2, 0.25) is 0 Å². The molecule has 1 aliphatic rings. The van der Waals surface area contributed by atoms with Crippen molar-refractivity contribution in [3.63, 3.8) is 0 Å². The van der Waals surface area contributed by atoms with Crippen molar-refractivity contribution in [1.29, 1.82) is 0 Å². The molecule has 0 aromatic heterocycles. The molecule has 1 aromatic carbocycles. The van der Waals surface area contributed by atoms with Gasteiger partial charge in [-0.1, -0.05) is 0 Å². The average Bonchev–Trinajstić information content (AvgIpc) is 2.75. The number of nitrogens with one attached hydrogen (secondary N) is 2. The van der Waals surface area contributed by atoms with Crippen LogP contribution in [0, 0.1) is 5.82 Å². The van der Waals surface area contributed by atoms with Gasteiger partial charge in [0, 0.05) is 5.56 Å².